The third-order valence-corrected chi connectivity index (χ3v) is 0.912. The molecule has 0 amide bonds. The fraction of sp³-hybridized carbons (Fsp3) is 0.500. The summed E-state index contributed by atoms with van der Waals surface area (Å²) in [7, 11) is -9.89. The van der Waals surface area contributed by atoms with E-state index in [0.717, 1.165) is 0 Å². The zero-order valence-corrected chi connectivity index (χ0v) is 11.9. The quantitative estimate of drug-likeness (QED) is 0.312. The molecule has 0 spiro atoms. The van der Waals surface area contributed by atoms with Crippen molar-refractivity contribution in [1.82, 2.24) is 10.9 Å². The summed E-state index contributed by atoms with van der Waals surface area (Å²) in [4.78, 5) is 0. The molecule has 22 heavy (non-hydrogen) atoms. The van der Waals surface area contributed by atoms with Crippen molar-refractivity contribution in [3.63, 3.8) is 0 Å². The number of hydrazone groups is 2. The van der Waals surface area contributed by atoms with Crippen molar-refractivity contribution in [3.05, 3.63) is 0 Å². The highest BCUT2D eigenvalue weighted by Crippen LogP contribution is 1.53. The van der Waals surface area contributed by atoms with Gasteiger partial charge in [-0.15, -0.1) is 30.7 Å². The summed E-state index contributed by atoms with van der Waals surface area (Å²) in [5.41, 5.74) is 5.30. The normalized spacial score (nSPS) is 14.9. The second-order valence-corrected chi connectivity index (χ2v) is 4.00. The van der Waals surface area contributed by atoms with Crippen LogP contribution in [0.2, 0.25) is 0 Å². The molecule has 0 aliphatic carbocycles. The molecule has 0 unspecified atom stereocenters. The SMILES string of the molecule is C1=NNC[NH+]=N1.C1=NNC[NH+]=N1.[O-][Cl+3]([O-])([O-])[O-].[O-][Cl+3]([O-])([O-])[O-]. The Morgan fingerprint density at radius 1 is 0.682 bits per heavy atom. The van der Waals surface area contributed by atoms with Crippen molar-refractivity contribution >= 4 is 12.7 Å². The Bertz CT molecular complexity index is 305. The van der Waals surface area contributed by atoms with E-state index >= 15 is 0 Å². The molecule has 0 saturated heterocycles. The Kier molecular flexibility index (Phi) is 13.5. The van der Waals surface area contributed by atoms with Gasteiger partial charge in [0, 0.05) is 10.2 Å². The summed E-state index contributed by atoms with van der Waals surface area (Å²) < 4.78 is 67.9. The zero-order chi connectivity index (χ0) is 17.5. The number of nitrogens with zero attached hydrogens (tertiary/aromatic N) is 4. The summed E-state index contributed by atoms with van der Waals surface area (Å²) in [6.45, 7) is 1.27. The van der Waals surface area contributed by atoms with Gasteiger partial charge in [0.2, 0.25) is 12.7 Å². The lowest BCUT2D eigenvalue weighted by Crippen LogP contribution is -2.71. The minimum Gasteiger partial charge on any atom is -0.248 e. The van der Waals surface area contributed by atoms with E-state index in [4.69, 9.17) is 37.3 Å². The van der Waals surface area contributed by atoms with Crippen LogP contribution < -0.4 is 58.4 Å². The van der Waals surface area contributed by atoms with Crippen molar-refractivity contribution in [2.24, 2.45) is 20.4 Å². The first-order valence-corrected chi connectivity index (χ1v) is 7.04. The van der Waals surface area contributed by atoms with Gasteiger partial charge in [-0.3, -0.25) is 0 Å². The van der Waals surface area contributed by atoms with E-state index in [9.17, 15) is 0 Å². The van der Waals surface area contributed by atoms with Gasteiger partial charge < -0.3 is 0 Å². The van der Waals surface area contributed by atoms with Gasteiger partial charge in [0.15, 0.2) is 0 Å². The van der Waals surface area contributed by atoms with Crippen LogP contribution in [-0.4, -0.2) is 26.0 Å². The van der Waals surface area contributed by atoms with Crippen molar-refractivity contribution in [2.75, 3.05) is 13.3 Å². The summed E-state index contributed by atoms with van der Waals surface area (Å²) in [6.07, 6.45) is 2.84. The lowest BCUT2D eigenvalue weighted by Gasteiger charge is -2.17. The number of halogens is 2. The maximum absolute atomic E-state index is 8.49. The van der Waals surface area contributed by atoms with Crippen LogP contribution >= 0.6 is 0 Å². The fourth-order valence-corrected chi connectivity index (χ4v) is 0.474. The van der Waals surface area contributed by atoms with Crippen molar-refractivity contribution in [3.8, 4) is 0 Å². The van der Waals surface area contributed by atoms with Crippen LogP contribution in [0.5, 0.6) is 0 Å². The zero-order valence-electron chi connectivity index (χ0n) is 10.4. The molecule has 4 N–H and O–H groups in total. The molecule has 2 heterocycles. The smallest absolute Gasteiger partial charge is 0.248 e. The standard InChI is InChI=1S/2C2H4N4.2ClHO4/c2*1-3-5-2-6-4-1;2*2-1(3,4)5/h2*1,5H,2H2;2*(H,2,3,4,5). The molecule has 0 aromatic carbocycles. The highest BCUT2D eigenvalue weighted by Gasteiger charge is 1.85. The van der Waals surface area contributed by atoms with E-state index in [2.05, 4.69) is 41.5 Å². The van der Waals surface area contributed by atoms with Crippen LogP contribution in [0.3, 0.4) is 0 Å². The van der Waals surface area contributed by atoms with Gasteiger partial charge >= 0.3 is 0 Å². The van der Waals surface area contributed by atoms with Crippen LogP contribution in [0.25, 0.3) is 0 Å². The lowest BCUT2D eigenvalue weighted by molar-refractivity contribution is -2.00. The average molecular weight is 369 g/mol. The molecule has 2 aliphatic rings. The van der Waals surface area contributed by atoms with Crippen molar-refractivity contribution < 1.29 is 68.0 Å². The van der Waals surface area contributed by atoms with Gasteiger partial charge in [-0.1, -0.05) is 0 Å². The largest absolute Gasteiger partial charge is 0.253 e. The maximum atomic E-state index is 8.49. The number of rotatable bonds is 0. The van der Waals surface area contributed by atoms with Crippen LogP contribution in [0.15, 0.2) is 20.4 Å². The molecule has 16 nitrogen and oxygen atoms in total. The highest BCUT2D eigenvalue weighted by atomic mass is 35.7. The molecule has 2 rings (SSSR count). The molecule has 2 aliphatic heterocycles. The van der Waals surface area contributed by atoms with E-state index in [1.54, 1.807) is 0 Å². The Balaban J connectivity index is 0. The van der Waals surface area contributed by atoms with Crippen molar-refractivity contribution in [1.29, 1.82) is 0 Å². The fourth-order valence-electron chi connectivity index (χ4n) is 0.474. The molecule has 0 aromatic rings. The predicted molar refractivity (Wildman–Crippen MR) is 39.8 cm³/mol. The lowest BCUT2D eigenvalue weighted by atomic mass is 11.1. The average Bonchev–Trinajstić information content (AvgIpc) is 2.40. The van der Waals surface area contributed by atoms with Gasteiger partial charge in [-0.2, -0.15) is 10.2 Å². The Morgan fingerprint density at radius 2 is 0.955 bits per heavy atom. The number of nitrogens with one attached hydrogen (secondary N) is 4. The molecule has 0 atom stereocenters. The molecule has 0 saturated carbocycles. The summed E-state index contributed by atoms with van der Waals surface area (Å²) in [5, 5.41) is 19.6. The minimum atomic E-state index is -4.94. The third kappa shape index (κ3) is 51.5. The van der Waals surface area contributed by atoms with Crippen LogP contribution in [0.1, 0.15) is 0 Å². The monoisotopic (exact) mass is 368 g/mol. The topological polar surface area (TPSA) is 286 Å². The molecule has 0 bridgehead atoms. The minimum absolute atomic E-state index is 0.635. The molecule has 128 valence electrons. The Hall–Kier alpha value is -1.60. The molecular formula is C4H10Cl2N8O8. The number of azo groups is 2. The summed E-state index contributed by atoms with van der Waals surface area (Å²) in [6, 6.07) is 0. The second kappa shape index (κ2) is 13.1. The summed E-state index contributed by atoms with van der Waals surface area (Å²) >= 11 is 0. The van der Waals surface area contributed by atoms with E-state index in [1.165, 1.54) is 12.7 Å². The predicted octanol–water partition coefficient (Wildman–Crippen LogP) is -13.5. The first-order valence-electron chi connectivity index (χ1n) is 4.58. The van der Waals surface area contributed by atoms with Gasteiger partial charge in [-0.05, 0) is 0 Å². The van der Waals surface area contributed by atoms with Gasteiger partial charge in [0.05, 0.1) is 0 Å². The van der Waals surface area contributed by atoms with Gasteiger partial charge in [0.25, 0.3) is 13.3 Å². The molecule has 0 fully saturated rings. The molecule has 0 radical (unpaired) electrons. The van der Waals surface area contributed by atoms with Gasteiger partial charge in [-0.25, -0.2) is 48.1 Å². The van der Waals surface area contributed by atoms with Crippen LogP contribution in [0.4, 0.5) is 0 Å². The second-order valence-electron chi connectivity index (χ2n) is 2.49. The molecule has 0 aromatic heterocycles. The molecular weight excluding hydrogens is 359 g/mol. The van der Waals surface area contributed by atoms with E-state index < -0.39 is 20.5 Å². The molecule has 18 heteroatoms. The third-order valence-electron chi connectivity index (χ3n) is 0.912. The van der Waals surface area contributed by atoms with Gasteiger partial charge in [0.1, 0.15) is 0 Å². The Morgan fingerprint density at radius 3 is 1.00 bits per heavy atom. The van der Waals surface area contributed by atoms with E-state index in [1.807, 2.05) is 0 Å². The first kappa shape index (κ1) is 22.7. The van der Waals surface area contributed by atoms with Crippen molar-refractivity contribution in [2.45, 2.75) is 0 Å². The van der Waals surface area contributed by atoms with E-state index in [-0.39, 0.29) is 0 Å². The number of hydrogen-bond acceptors (Lipinski definition) is 14. The highest BCUT2D eigenvalue weighted by molar-refractivity contribution is 5.53. The van der Waals surface area contributed by atoms with Crippen LogP contribution in [-0.2, 0) is 0 Å². The van der Waals surface area contributed by atoms with Crippen LogP contribution in [0, 0.1) is 20.5 Å². The van der Waals surface area contributed by atoms with E-state index in [0.29, 0.717) is 13.3 Å². The maximum Gasteiger partial charge on any atom is 0.253 e. The summed E-state index contributed by atoms with van der Waals surface area (Å²) in [5.74, 6) is 0. The number of hydrogen-bond donors (Lipinski definition) is 4. The first-order chi connectivity index (χ1) is 10.0. The Labute approximate surface area is 126 Å².